The van der Waals surface area contributed by atoms with E-state index in [4.69, 9.17) is 21.7 Å². The number of nitrogens with one attached hydrogen (secondary N) is 2. The van der Waals surface area contributed by atoms with E-state index in [1.165, 1.54) is 14.2 Å². The molecule has 1 fully saturated rings. The largest absolute Gasteiger partial charge is 0.465 e. The third kappa shape index (κ3) is 5.38. The summed E-state index contributed by atoms with van der Waals surface area (Å²) in [7, 11) is 2.84. The van der Waals surface area contributed by atoms with E-state index in [0.29, 0.717) is 16.4 Å². The van der Waals surface area contributed by atoms with E-state index in [-0.39, 0.29) is 30.6 Å². The Morgan fingerprint density at radius 3 is 2.38 bits per heavy atom. The summed E-state index contributed by atoms with van der Waals surface area (Å²) in [4.78, 5) is 30.6. The summed E-state index contributed by atoms with van der Waals surface area (Å²) >= 11 is 5.85. The Morgan fingerprint density at radius 2 is 1.72 bits per heavy atom. The third-order valence-electron chi connectivity index (χ3n) is 6.45. The van der Waals surface area contributed by atoms with Crippen LogP contribution in [-0.2, 0) is 14.3 Å². The molecule has 3 heterocycles. The van der Waals surface area contributed by atoms with Crippen LogP contribution in [0.15, 0.2) is 91.3 Å². The predicted molar refractivity (Wildman–Crippen MR) is 152 cm³/mol. The summed E-state index contributed by atoms with van der Waals surface area (Å²) in [5.41, 5.74) is 4.70. The van der Waals surface area contributed by atoms with Crippen LogP contribution in [0.2, 0.25) is 0 Å². The van der Waals surface area contributed by atoms with Crippen LogP contribution in [0, 0.1) is 0 Å². The maximum absolute atomic E-state index is 11.9. The normalized spacial score (nSPS) is 16.6. The second-order valence-corrected chi connectivity index (χ2v) is 9.25. The second-order valence-electron chi connectivity index (χ2n) is 8.87. The lowest BCUT2D eigenvalue weighted by Gasteiger charge is -2.29. The number of hydrogen-bond acceptors (Lipinski definition) is 6. The number of anilines is 2. The van der Waals surface area contributed by atoms with Crippen molar-refractivity contribution in [3.63, 3.8) is 0 Å². The van der Waals surface area contributed by atoms with Gasteiger partial charge < -0.3 is 29.6 Å². The maximum atomic E-state index is 11.9. The Hall–Kier alpha value is -4.54. The summed E-state index contributed by atoms with van der Waals surface area (Å²) in [5, 5.41) is 6.84. The molecule has 10 heteroatoms. The molecule has 2 atom stereocenters. The first-order valence-electron chi connectivity index (χ1n) is 12.3. The number of carbonyl (C=O) groups excluding carboxylic acids is 2. The highest BCUT2D eigenvalue weighted by molar-refractivity contribution is 7.80. The van der Waals surface area contributed by atoms with Crippen molar-refractivity contribution in [3.8, 4) is 5.69 Å². The molecular formula is C29H27N5O4S. The minimum atomic E-state index is -0.386. The molecule has 39 heavy (non-hydrogen) atoms. The highest BCUT2D eigenvalue weighted by atomic mass is 32.1. The number of carbonyl (C=O) groups is 2. The molecule has 0 saturated carbocycles. The standard InChI is InChI=1S/C29H27N5O4S/c1-37-18-25(35)31-20-10-14-22(15-11-20)34-27(26(32-29(34)39)23-6-3-4-16-30-23)24-7-5-17-33(24)21-12-8-19(9-13-21)28(36)38-2/h3-17,26-27H,18H2,1-2H3,(H,31,35)(H,32,39)/t26-,27+/m0/s1. The fraction of sp³-hybridized carbons (Fsp3) is 0.172. The van der Waals surface area contributed by atoms with Crippen molar-refractivity contribution in [2.24, 2.45) is 0 Å². The van der Waals surface area contributed by atoms with Crippen molar-refractivity contribution in [1.29, 1.82) is 0 Å². The topological polar surface area (TPSA) is 97.7 Å². The molecule has 0 bridgehead atoms. The van der Waals surface area contributed by atoms with Crippen molar-refractivity contribution >= 4 is 40.6 Å². The van der Waals surface area contributed by atoms with Gasteiger partial charge in [0.2, 0.25) is 5.91 Å². The van der Waals surface area contributed by atoms with Crippen LogP contribution in [0.5, 0.6) is 0 Å². The van der Waals surface area contributed by atoms with Crippen LogP contribution in [0.3, 0.4) is 0 Å². The molecule has 0 unspecified atom stereocenters. The molecule has 1 aliphatic rings. The number of benzene rings is 2. The number of thiocarbonyl (C=S) groups is 1. The van der Waals surface area contributed by atoms with E-state index in [1.54, 1.807) is 18.3 Å². The molecule has 198 valence electrons. The smallest absolute Gasteiger partial charge is 0.337 e. The second kappa shape index (κ2) is 11.5. The molecule has 1 amide bonds. The Labute approximate surface area is 231 Å². The lowest BCUT2D eigenvalue weighted by Crippen LogP contribution is -2.30. The molecular weight excluding hydrogens is 514 g/mol. The van der Waals surface area contributed by atoms with Gasteiger partial charge in [0, 0.05) is 42.3 Å². The molecule has 0 spiro atoms. The van der Waals surface area contributed by atoms with Gasteiger partial charge in [-0.3, -0.25) is 9.78 Å². The zero-order valence-corrected chi connectivity index (χ0v) is 22.2. The van der Waals surface area contributed by atoms with E-state index in [9.17, 15) is 9.59 Å². The molecule has 5 rings (SSSR count). The van der Waals surface area contributed by atoms with Gasteiger partial charge in [-0.15, -0.1) is 0 Å². The zero-order chi connectivity index (χ0) is 27.4. The minimum absolute atomic E-state index is 0.0205. The van der Waals surface area contributed by atoms with Gasteiger partial charge in [-0.25, -0.2) is 4.79 Å². The van der Waals surface area contributed by atoms with Gasteiger partial charge >= 0.3 is 5.97 Å². The molecule has 4 aromatic rings. The first-order valence-corrected chi connectivity index (χ1v) is 12.7. The van der Waals surface area contributed by atoms with Crippen LogP contribution in [0.4, 0.5) is 11.4 Å². The van der Waals surface area contributed by atoms with Crippen LogP contribution >= 0.6 is 12.2 Å². The van der Waals surface area contributed by atoms with Gasteiger partial charge in [0.15, 0.2) is 5.11 Å². The van der Waals surface area contributed by atoms with Gasteiger partial charge in [-0.1, -0.05) is 6.07 Å². The van der Waals surface area contributed by atoms with Crippen LogP contribution < -0.4 is 15.5 Å². The van der Waals surface area contributed by atoms with E-state index in [2.05, 4.69) is 31.2 Å². The molecule has 0 aliphatic carbocycles. The number of ether oxygens (including phenoxy) is 2. The van der Waals surface area contributed by atoms with Gasteiger partial charge in [0.05, 0.1) is 24.4 Å². The minimum Gasteiger partial charge on any atom is -0.465 e. The molecule has 1 saturated heterocycles. The highest BCUT2D eigenvalue weighted by Gasteiger charge is 2.42. The van der Waals surface area contributed by atoms with E-state index >= 15 is 0 Å². The number of nitrogens with zero attached hydrogens (tertiary/aromatic N) is 3. The van der Waals surface area contributed by atoms with Crippen molar-refractivity contribution < 1.29 is 19.1 Å². The van der Waals surface area contributed by atoms with Crippen molar-refractivity contribution in [3.05, 3.63) is 108 Å². The summed E-state index contributed by atoms with van der Waals surface area (Å²) in [6.07, 6.45) is 3.74. The molecule has 0 radical (unpaired) electrons. The fourth-order valence-corrected chi connectivity index (χ4v) is 5.06. The molecule has 2 aromatic carbocycles. The first kappa shape index (κ1) is 26.1. The number of aromatic nitrogens is 2. The van der Waals surface area contributed by atoms with Crippen LogP contribution in [0.25, 0.3) is 5.69 Å². The van der Waals surface area contributed by atoms with Gasteiger partial charge in [-0.05, 0) is 85.0 Å². The first-order chi connectivity index (χ1) is 19.0. The number of esters is 1. The Balaban J connectivity index is 1.54. The van der Waals surface area contributed by atoms with Crippen LogP contribution in [0.1, 0.15) is 33.8 Å². The molecule has 2 N–H and O–H groups in total. The van der Waals surface area contributed by atoms with Gasteiger partial charge in [0.25, 0.3) is 0 Å². The van der Waals surface area contributed by atoms with E-state index < -0.39 is 0 Å². The quantitative estimate of drug-likeness (QED) is 0.250. The van der Waals surface area contributed by atoms with Crippen molar-refractivity contribution in [2.45, 2.75) is 12.1 Å². The van der Waals surface area contributed by atoms with Crippen molar-refractivity contribution in [1.82, 2.24) is 14.9 Å². The average Bonchev–Trinajstić information content (AvgIpc) is 3.58. The van der Waals surface area contributed by atoms with Gasteiger partial charge in [-0.2, -0.15) is 0 Å². The summed E-state index contributed by atoms with van der Waals surface area (Å²) in [5.74, 6) is -0.615. The highest BCUT2D eigenvalue weighted by Crippen LogP contribution is 2.42. The maximum Gasteiger partial charge on any atom is 0.337 e. The van der Waals surface area contributed by atoms with E-state index in [1.807, 2.05) is 66.9 Å². The number of amides is 1. The van der Waals surface area contributed by atoms with Crippen molar-refractivity contribution in [2.75, 3.05) is 31.0 Å². The predicted octanol–water partition coefficient (Wildman–Crippen LogP) is 4.42. The lowest BCUT2D eigenvalue weighted by molar-refractivity contribution is -0.119. The molecule has 1 aliphatic heterocycles. The third-order valence-corrected chi connectivity index (χ3v) is 6.77. The average molecular weight is 542 g/mol. The Bertz CT molecular complexity index is 1470. The van der Waals surface area contributed by atoms with Gasteiger partial charge in [0.1, 0.15) is 12.6 Å². The number of methoxy groups -OCH3 is 2. The number of rotatable bonds is 8. The summed E-state index contributed by atoms with van der Waals surface area (Å²) in [6, 6.07) is 24.1. The Kier molecular flexibility index (Phi) is 7.67. The number of hydrogen-bond donors (Lipinski definition) is 2. The Morgan fingerprint density at radius 1 is 0.974 bits per heavy atom. The number of pyridine rings is 1. The lowest BCUT2D eigenvalue weighted by atomic mass is 10.0. The summed E-state index contributed by atoms with van der Waals surface area (Å²) in [6.45, 7) is -0.0205. The SMILES string of the molecule is COCC(=O)Nc1ccc(N2C(=S)N[C@@H](c3ccccn3)[C@H]2c2cccn2-c2ccc(C(=O)OC)cc2)cc1. The summed E-state index contributed by atoms with van der Waals surface area (Å²) < 4.78 is 11.8. The van der Waals surface area contributed by atoms with E-state index in [0.717, 1.165) is 22.8 Å². The fourth-order valence-electron chi connectivity index (χ4n) is 4.71. The molecule has 2 aromatic heterocycles. The molecule has 9 nitrogen and oxygen atoms in total. The van der Waals surface area contributed by atoms with Crippen LogP contribution in [-0.4, -0.2) is 47.4 Å². The monoisotopic (exact) mass is 541 g/mol. The zero-order valence-electron chi connectivity index (χ0n) is 21.4.